The summed E-state index contributed by atoms with van der Waals surface area (Å²) in [6.07, 6.45) is 3.64. The van der Waals surface area contributed by atoms with Crippen LogP contribution in [0.15, 0.2) is 76.2 Å². The van der Waals surface area contributed by atoms with Crippen molar-refractivity contribution in [1.82, 2.24) is 24.6 Å². The van der Waals surface area contributed by atoms with Gasteiger partial charge >= 0.3 is 0 Å². The number of benzene rings is 1. The highest BCUT2D eigenvalue weighted by Crippen LogP contribution is 2.30. The Kier molecular flexibility index (Phi) is 4.66. The summed E-state index contributed by atoms with van der Waals surface area (Å²) in [6.45, 7) is 1.96. The molecule has 3 N–H and O–H groups in total. The summed E-state index contributed by atoms with van der Waals surface area (Å²) in [5.41, 5.74) is 2.87. The van der Waals surface area contributed by atoms with Gasteiger partial charge in [-0.15, -0.1) is 11.3 Å². The van der Waals surface area contributed by atoms with Gasteiger partial charge in [0.1, 0.15) is 10.7 Å². The van der Waals surface area contributed by atoms with Crippen LogP contribution < -0.4 is 10.6 Å². The molecule has 0 saturated carbocycles. The monoisotopic (exact) mass is 419 g/mol. The van der Waals surface area contributed by atoms with E-state index in [0.717, 1.165) is 37.8 Å². The number of hydrogen-bond donors (Lipinski definition) is 3. The van der Waals surface area contributed by atoms with Gasteiger partial charge in [-0.05, 0) is 48.7 Å². The van der Waals surface area contributed by atoms with Crippen molar-refractivity contribution in [2.45, 2.75) is 16.8 Å². The second-order valence-corrected chi connectivity index (χ2v) is 8.40. The fourth-order valence-electron chi connectivity index (χ4n) is 2.86. The Balaban J connectivity index is 1.38. The van der Waals surface area contributed by atoms with E-state index in [-0.39, 0.29) is 0 Å². The summed E-state index contributed by atoms with van der Waals surface area (Å²) >= 11 is 3.27. The molecule has 9 heteroatoms. The number of aromatic nitrogens is 5. The van der Waals surface area contributed by atoms with E-state index in [1.165, 1.54) is 0 Å². The minimum Gasteiger partial charge on any atom is -0.347 e. The minimum atomic E-state index is 0.671. The van der Waals surface area contributed by atoms with Crippen LogP contribution in [0.2, 0.25) is 0 Å². The molecule has 7 nitrogen and oxygen atoms in total. The first-order chi connectivity index (χ1) is 14.2. The summed E-state index contributed by atoms with van der Waals surface area (Å²) in [5, 5.41) is 17.9. The number of thiophene rings is 1. The highest BCUT2D eigenvalue weighted by molar-refractivity contribution is 7.99. The zero-order valence-corrected chi connectivity index (χ0v) is 17.1. The van der Waals surface area contributed by atoms with Crippen LogP contribution >= 0.6 is 23.1 Å². The Morgan fingerprint density at radius 1 is 1.10 bits per heavy atom. The molecule has 0 aliphatic rings. The highest BCUT2D eigenvalue weighted by Gasteiger charge is 2.10. The molecule has 0 spiro atoms. The van der Waals surface area contributed by atoms with E-state index in [9.17, 15) is 0 Å². The first kappa shape index (κ1) is 17.8. The molecule has 0 radical (unpaired) electrons. The van der Waals surface area contributed by atoms with Crippen molar-refractivity contribution in [3.05, 3.63) is 72.0 Å². The summed E-state index contributed by atoms with van der Waals surface area (Å²) in [6, 6.07) is 16.3. The fourth-order valence-corrected chi connectivity index (χ4v) is 4.31. The van der Waals surface area contributed by atoms with Crippen molar-refractivity contribution >= 4 is 51.2 Å². The number of nitrogens with zero attached hydrogens (tertiary/aromatic N) is 4. The summed E-state index contributed by atoms with van der Waals surface area (Å²) in [7, 11) is 0. The molecule has 0 bridgehead atoms. The molecule has 0 amide bonds. The van der Waals surface area contributed by atoms with E-state index in [1.807, 2.05) is 35.7 Å². The molecule has 4 aromatic heterocycles. The van der Waals surface area contributed by atoms with Crippen molar-refractivity contribution in [1.29, 1.82) is 0 Å². The van der Waals surface area contributed by atoms with Crippen LogP contribution in [0.4, 0.5) is 22.5 Å². The SMILES string of the molecule is Cc1cc(Nc2nc(Sc3ccc(Nc4cccs4)cc3)cc3nccn23)n[nH]1. The second kappa shape index (κ2) is 7.61. The number of imidazole rings is 1. The lowest BCUT2D eigenvalue weighted by Gasteiger charge is -2.09. The standard InChI is InChI=1S/C20H17N7S2/c1-13-11-16(26-25-13)23-20-24-19(12-17-21-8-9-27(17)20)29-15-6-4-14(5-7-15)22-18-3-2-10-28-18/h2-12,22H,1H3,(H2,23,24,25,26). The van der Waals surface area contributed by atoms with Gasteiger partial charge in [-0.1, -0.05) is 11.8 Å². The van der Waals surface area contributed by atoms with E-state index >= 15 is 0 Å². The van der Waals surface area contributed by atoms with Crippen molar-refractivity contribution in [3.63, 3.8) is 0 Å². The fraction of sp³-hybridized carbons (Fsp3) is 0.0500. The molecule has 5 aromatic rings. The smallest absolute Gasteiger partial charge is 0.215 e. The first-order valence-electron chi connectivity index (χ1n) is 8.94. The molecule has 0 aliphatic heterocycles. The molecule has 0 unspecified atom stereocenters. The summed E-state index contributed by atoms with van der Waals surface area (Å²) in [4.78, 5) is 10.3. The topological polar surface area (TPSA) is 82.9 Å². The van der Waals surface area contributed by atoms with Crippen LogP contribution in [0.5, 0.6) is 0 Å². The van der Waals surface area contributed by atoms with Crippen molar-refractivity contribution in [3.8, 4) is 0 Å². The van der Waals surface area contributed by atoms with E-state index in [1.54, 1.807) is 29.3 Å². The van der Waals surface area contributed by atoms with Gasteiger partial charge in [-0.25, -0.2) is 9.97 Å². The average molecular weight is 420 g/mol. The Labute approximate surface area is 175 Å². The predicted molar refractivity (Wildman–Crippen MR) is 118 cm³/mol. The largest absolute Gasteiger partial charge is 0.347 e. The van der Waals surface area contributed by atoms with Crippen LogP contribution in [0.3, 0.4) is 0 Å². The van der Waals surface area contributed by atoms with Gasteiger partial charge in [0.25, 0.3) is 0 Å². The minimum absolute atomic E-state index is 0.671. The molecule has 0 atom stereocenters. The van der Waals surface area contributed by atoms with E-state index < -0.39 is 0 Å². The Hall–Kier alpha value is -3.30. The molecule has 0 aliphatic carbocycles. The van der Waals surface area contributed by atoms with Crippen LogP contribution in [0.25, 0.3) is 5.65 Å². The van der Waals surface area contributed by atoms with E-state index in [2.05, 4.69) is 61.5 Å². The first-order valence-corrected chi connectivity index (χ1v) is 10.6. The third-order valence-electron chi connectivity index (χ3n) is 4.18. The van der Waals surface area contributed by atoms with Gasteiger partial charge in [0.15, 0.2) is 5.82 Å². The van der Waals surface area contributed by atoms with Crippen LogP contribution in [-0.4, -0.2) is 24.6 Å². The molecule has 1 aromatic carbocycles. The normalized spacial score (nSPS) is 11.1. The third-order valence-corrected chi connectivity index (χ3v) is 5.89. The van der Waals surface area contributed by atoms with Crippen LogP contribution in [0.1, 0.15) is 5.69 Å². The highest BCUT2D eigenvalue weighted by atomic mass is 32.2. The zero-order valence-electron chi connectivity index (χ0n) is 15.5. The van der Waals surface area contributed by atoms with Crippen molar-refractivity contribution in [2.24, 2.45) is 0 Å². The number of nitrogens with one attached hydrogen (secondary N) is 3. The zero-order chi connectivity index (χ0) is 19.6. The molecular weight excluding hydrogens is 402 g/mol. The van der Waals surface area contributed by atoms with Gasteiger partial charge in [-0.3, -0.25) is 9.50 Å². The van der Waals surface area contributed by atoms with Crippen LogP contribution in [0, 0.1) is 6.92 Å². The Morgan fingerprint density at radius 2 is 2.00 bits per heavy atom. The lowest BCUT2D eigenvalue weighted by molar-refractivity contribution is 0.999. The van der Waals surface area contributed by atoms with Gasteiger partial charge in [0, 0.05) is 40.8 Å². The summed E-state index contributed by atoms with van der Waals surface area (Å²) < 4.78 is 1.90. The average Bonchev–Trinajstić information content (AvgIpc) is 3.46. The van der Waals surface area contributed by atoms with E-state index in [4.69, 9.17) is 4.98 Å². The third kappa shape index (κ3) is 3.96. The number of aromatic amines is 1. The Bertz CT molecular complexity index is 1240. The second-order valence-electron chi connectivity index (χ2n) is 6.36. The summed E-state index contributed by atoms with van der Waals surface area (Å²) in [5.74, 6) is 1.39. The molecule has 0 saturated heterocycles. The van der Waals surface area contributed by atoms with Gasteiger partial charge in [-0.2, -0.15) is 5.10 Å². The van der Waals surface area contributed by atoms with Crippen molar-refractivity contribution in [2.75, 3.05) is 10.6 Å². The molecule has 0 fully saturated rings. The predicted octanol–water partition coefficient (Wildman–Crippen LogP) is 5.46. The number of fused-ring (bicyclic) bond motifs is 1. The van der Waals surface area contributed by atoms with Gasteiger partial charge in [0.05, 0.1) is 5.00 Å². The molecular formula is C20H17N7S2. The maximum atomic E-state index is 4.76. The van der Waals surface area contributed by atoms with Gasteiger partial charge in [0.2, 0.25) is 5.95 Å². The maximum Gasteiger partial charge on any atom is 0.215 e. The number of rotatable bonds is 6. The number of hydrogen-bond acceptors (Lipinski definition) is 7. The quantitative estimate of drug-likeness (QED) is 0.317. The molecule has 144 valence electrons. The number of anilines is 4. The van der Waals surface area contributed by atoms with Gasteiger partial charge < -0.3 is 10.6 Å². The number of aryl methyl sites for hydroxylation is 1. The van der Waals surface area contributed by atoms with Crippen molar-refractivity contribution < 1.29 is 0 Å². The molecule has 4 heterocycles. The molecule has 29 heavy (non-hydrogen) atoms. The van der Waals surface area contributed by atoms with E-state index in [0.29, 0.717) is 5.95 Å². The Morgan fingerprint density at radius 3 is 2.76 bits per heavy atom. The lowest BCUT2D eigenvalue weighted by Crippen LogP contribution is -2.02. The van der Waals surface area contributed by atoms with Crippen LogP contribution in [-0.2, 0) is 0 Å². The lowest BCUT2D eigenvalue weighted by atomic mass is 10.3. The number of H-pyrrole nitrogens is 1. The molecule has 5 rings (SSSR count). The maximum absolute atomic E-state index is 4.76.